The summed E-state index contributed by atoms with van der Waals surface area (Å²) in [5.74, 6) is 0.736. The summed E-state index contributed by atoms with van der Waals surface area (Å²) in [5.41, 5.74) is 0.875. The van der Waals surface area contributed by atoms with Gasteiger partial charge in [-0.25, -0.2) is 13.1 Å². The first kappa shape index (κ1) is 17.9. The van der Waals surface area contributed by atoms with E-state index in [1.807, 2.05) is 37.3 Å². The third kappa shape index (κ3) is 5.31. The predicted molar refractivity (Wildman–Crippen MR) is 91.5 cm³/mol. The van der Waals surface area contributed by atoms with Crippen molar-refractivity contribution in [3.05, 3.63) is 46.8 Å². The van der Waals surface area contributed by atoms with E-state index in [9.17, 15) is 8.42 Å². The number of sulfonamides is 1. The summed E-state index contributed by atoms with van der Waals surface area (Å²) >= 11 is 1.31. The van der Waals surface area contributed by atoms with Gasteiger partial charge in [-0.1, -0.05) is 19.1 Å². The van der Waals surface area contributed by atoms with Crippen LogP contribution in [-0.4, -0.2) is 28.7 Å². The molecule has 126 valence electrons. The number of hydrogen-bond donors (Lipinski definition) is 1. The van der Waals surface area contributed by atoms with Crippen LogP contribution in [0.15, 0.2) is 40.6 Å². The van der Waals surface area contributed by atoms with Crippen molar-refractivity contribution < 1.29 is 17.9 Å². The van der Waals surface area contributed by atoms with Gasteiger partial charge in [-0.05, 0) is 36.2 Å². The summed E-state index contributed by atoms with van der Waals surface area (Å²) in [5, 5.41) is 0. The van der Waals surface area contributed by atoms with Gasteiger partial charge in [0.1, 0.15) is 16.6 Å². The molecule has 0 fully saturated rings. The largest absolute Gasteiger partial charge is 0.491 e. The second-order valence-corrected chi connectivity index (χ2v) is 8.05. The minimum Gasteiger partial charge on any atom is -0.491 e. The molecule has 1 aromatic carbocycles. The predicted octanol–water partition coefficient (Wildman–Crippen LogP) is 2.81. The Balaban J connectivity index is 1.92. The van der Waals surface area contributed by atoms with E-state index in [4.69, 9.17) is 9.47 Å². The number of hydrogen-bond acceptors (Lipinski definition) is 5. The molecule has 0 amide bonds. The van der Waals surface area contributed by atoms with Crippen LogP contribution in [0.1, 0.15) is 17.4 Å². The summed E-state index contributed by atoms with van der Waals surface area (Å²) in [6, 6.07) is 10.8. The van der Waals surface area contributed by atoms with Crippen molar-refractivity contribution in [3.8, 4) is 5.75 Å². The third-order valence-corrected chi connectivity index (χ3v) is 6.32. The molecule has 5 nitrogen and oxygen atoms in total. The van der Waals surface area contributed by atoms with Crippen molar-refractivity contribution >= 4 is 21.4 Å². The van der Waals surface area contributed by atoms with E-state index in [-0.39, 0.29) is 6.54 Å². The van der Waals surface area contributed by atoms with Crippen molar-refractivity contribution in [2.45, 2.75) is 24.1 Å². The highest BCUT2D eigenvalue weighted by atomic mass is 32.2. The molecule has 0 radical (unpaired) electrons. The van der Waals surface area contributed by atoms with Crippen LogP contribution in [0.4, 0.5) is 0 Å². The molecular formula is C16H21NO4S2. The Morgan fingerprint density at radius 1 is 1.09 bits per heavy atom. The van der Waals surface area contributed by atoms with Gasteiger partial charge in [-0.2, -0.15) is 0 Å². The van der Waals surface area contributed by atoms with E-state index in [1.165, 1.54) is 11.3 Å². The van der Waals surface area contributed by atoms with Gasteiger partial charge in [-0.3, -0.25) is 0 Å². The molecule has 7 heteroatoms. The quantitative estimate of drug-likeness (QED) is 0.703. The van der Waals surface area contributed by atoms with Crippen LogP contribution >= 0.6 is 11.3 Å². The number of aryl methyl sites for hydroxylation is 1. The highest BCUT2D eigenvalue weighted by Gasteiger charge is 2.16. The van der Waals surface area contributed by atoms with Crippen LogP contribution in [0, 0.1) is 0 Å². The summed E-state index contributed by atoms with van der Waals surface area (Å²) in [6.07, 6.45) is 0.838. The molecule has 2 aromatic rings. The molecule has 0 aliphatic heterocycles. The average molecular weight is 355 g/mol. The molecule has 0 saturated carbocycles. The summed E-state index contributed by atoms with van der Waals surface area (Å²) < 4.78 is 37.8. The molecule has 1 aromatic heterocycles. The lowest BCUT2D eigenvalue weighted by molar-refractivity contribution is 0.146. The Morgan fingerprint density at radius 3 is 2.43 bits per heavy atom. The Bertz CT molecular complexity index is 708. The van der Waals surface area contributed by atoms with E-state index in [2.05, 4.69) is 4.72 Å². The summed E-state index contributed by atoms with van der Waals surface area (Å²) in [4.78, 5) is 1.06. The normalized spacial score (nSPS) is 11.6. The van der Waals surface area contributed by atoms with Gasteiger partial charge in [0.25, 0.3) is 0 Å². The first-order chi connectivity index (χ1) is 11.0. The van der Waals surface area contributed by atoms with Gasteiger partial charge in [0.15, 0.2) is 0 Å². The first-order valence-corrected chi connectivity index (χ1v) is 9.64. The van der Waals surface area contributed by atoms with Crippen LogP contribution in [-0.2, 0) is 27.7 Å². The number of rotatable bonds is 9. The van der Waals surface area contributed by atoms with E-state index in [0.717, 1.165) is 22.6 Å². The number of methoxy groups -OCH3 is 1. The molecular weight excluding hydrogens is 334 g/mol. The number of thiophene rings is 1. The topological polar surface area (TPSA) is 64.6 Å². The summed E-state index contributed by atoms with van der Waals surface area (Å²) in [6.45, 7) is 3.27. The van der Waals surface area contributed by atoms with Gasteiger partial charge >= 0.3 is 0 Å². The van der Waals surface area contributed by atoms with Gasteiger partial charge in [0.2, 0.25) is 10.0 Å². The fourth-order valence-electron chi connectivity index (χ4n) is 1.89. The van der Waals surface area contributed by atoms with Crippen LogP contribution in [0.3, 0.4) is 0 Å². The number of ether oxygens (including phenoxy) is 2. The highest BCUT2D eigenvalue weighted by Crippen LogP contribution is 2.22. The second kappa shape index (κ2) is 8.44. The Kier molecular flexibility index (Phi) is 6.59. The molecule has 1 heterocycles. The Hall–Kier alpha value is -1.41. The molecule has 2 rings (SSSR count). The molecule has 0 spiro atoms. The zero-order valence-corrected chi connectivity index (χ0v) is 14.9. The van der Waals surface area contributed by atoms with Crippen molar-refractivity contribution in [1.82, 2.24) is 4.72 Å². The monoisotopic (exact) mass is 355 g/mol. The molecule has 0 aliphatic rings. The van der Waals surface area contributed by atoms with Gasteiger partial charge < -0.3 is 9.47 Å². The average Bonchev–Trinajstić information content (AvgIpc) is 3.04. The lowest BCUT2D eigenvalue weighted by Crippen LogP contribution is -2.22. The van der Waals surface area contributed by atoms with Gasteiger partial charge in [0.05, 0.1) is 6.61 Å². The molecule has 0 bridgehead atoms. The van der Waals surface area contributed by atoms with E-state index in [0.29, 0.717) is 17.4 Å². The molecule has 0 aliphatic carbocycles. The number of nitrogens with one attached hydrogen (secondary N) is 1. The fourth-order valence-corrected chi connectivity index (χ4v) is 4.25. The molecule has 0 atom stereocenters. The lowest BCUT2D eigenvalue weighted by atomic mass is 10.2. The van der Waals surface area contributed by atoms with Crippen molar-refractivity contribution in [2.24, 2.45) is 0 Å². The zero-order chi connectivity index (χ0) is 16.7. The van der Waals surface area contributed by atoms with Crippen molar-refractivity contribution in [3.63, 3.8) is 0 Å². The smallest absolute Gasteiger partial charge is 0.250 e. The third-order valence-electron chi connectivity index (χ3n) is 3.20. The van der Waals surface area contributed by atoms with Crippen LogP contribution < -0.4 is 9.46 Å². The first-order valence-electron chi connectivity index (χ1n) is 7.34. The van der Waals surface area contributed by atoms with E-state index >= 15 is 0 Å². The van der Waals surface area contributed by atoms with Gasteiger partial charge in [0, 0.05) is 18.5 Å². The maximum Gasteiger partial charge on any atom is 0.250 e. The Morgan fingerprint density at radius 2 is 1.83 bits per heavy atom. The van der Waals surface area contributed by atoms with E-state index in [1.54, 1.807) is 13.2 Å². The maximum absolute atomic E-state index is 12.2. The summed E-state index contributed by atoms with van der Waals surface area (Å²) in [7, 11) is -1.83. The maximum atomic E-state index is 12.2. The number of benzene rings is 1. The minimum absolute atomic E-state index is 0.250. The van der Waals surface area contributed by atoms with Crippen molar-refractivity contribution in [1.29, 1.82) is 0 Å². The lowest BCUT2D eigenvalue weighted by Gasteiger charge is -2.08. The SMILES string of the molecule is CCc1ccc(S(=O)(=O)NCc2ccc(OCCOC)cc2)s1. The van der Waals surface area contributed by atoms with Crippen LogP contribution in [0.25, 0.3) is 0 Å². The second-order valence-electron chi connectivity index (χ2n) is 4.88. The minimum atomic E-state index is -3.45. The van der Waals surface area contributed by atoms with E-state index < -0.39 is 10.0 Å². The standard InChI is InChI=1S/C16H21NO4S2/c1-3-15-8-9-16(22-15)23(18,19)17-12-13-4-6-14(7-5-13)21-11-10-20-2/h4-9,17H,3,10-12H2,1-2H3. The Labute approximate surface area is 141 Å². The molecule has 23 heavy (non-hydrogen) atoms. The van der Waals surface area contributed by atoms with Crippen LogP contribution in [0.2, 0.25) is 0 Å². The highest BCUT2D eigenvalue weighted by molar-refractivity contribution is 7.91. The van der Waals surface area contributed by atoms with Crippen molar-refractivity contribution in [2.75, 3.05) is 20.3 Å². The molecule has 0 unspecified atom stereocenters. The molecule has 1 N–H and O–H groups in total. The fraction of sp³-hybridized carbons (Fsp3) is 0.375. The van der Waals surface area contributed by atoms with Crippen LogP contribution in [0.5, 0.6) is 5.75 Å². The molecule has 0 saturated heterocycles. The zero-order valence-electron chi connectivity index (χ0n) is 13.2. The van der Waals surface area contributed by atoms with Gasteiger partial charge in [-0.15, -0.1) is 11.3 Å².